The summed E-state index contributed by atoms with van der Waals surface area (Å²) in [4.78, 5) is 19.7. The summed E-state index contributed by atoms with van der Waals surface area (Å²) < 4.78 is 43.1. The van der Waals surface area contributed by atoms with E-state index in [0.717, 1.165) is 42.4 Å². The topological polar surface area (TPSA) is 87.6 Å². The van der Waals surface area contributed by atoms with Crippen molar-refractivity contribution < 1.29 is 22.7 Å². The number of carbonyl (C=O) groups excluding carboxylic acids is 1. The van der Waals surface area contributed by atoms with Crippen LogP contribution in [-0.2, 0) is 17.3 Å². The quantitative estimate of drug-likeness (QED) is 0.471. The molecule has 0 aromatic carbocycles. The second kappa shape index (κ2) is 10.3. The molecule has 1 heterocycles. The highest BCUT2D eigenvalue weighted by Crippen LogP contribution is 2.30. The fourth-order valence-electron chi connectivity index (χ4n) is 3.09. The summed E-state index contributed by atoms with van der Waals surface area (Å²) in [5.41, 5.74) is -1.37. The van der Waals surface area contributed by atoms with Gasteiger partial charge in [-0.25, -0.2) is 9.78 Å². The Balaban J connectivity index is 1.69. The average Bonchev–Trinajstić information content (AvgIpc) is 3.10. The number of nitrogens with one attached hydrogen (secondary N) is 3. The van der Waals surface area contributed by atoms with Crippen LogP contribution >= 0.6 is 11.3 Å². The van der Waals surface area contributed by atoms with E-state index < -0.39 is 23.6 Å². The predicted octanol–water partition coefficient (Wildman–Crippen LogP) is 3.71. The fraction of sp³-hybridized carbons (Fsp3) is 0.737. The number of amides is 1. The molecular formula is C19H30F3N5O2S. The first-order chi connectivity index (χ1) is 14.0. The largest absolute Gasteiger partial charge is 0.444 e. The number of halogens is 3. The Labute approximate surface area is 178 Å². The van der Waals surface area contributed by atoms with Crippen molar-refractivity contribution in [3.63, 3.8) is 0 Å². The van der Waals surface area contributed by atoms with Crippen LogP contribution in [-0.4, -0.2) is 48.3 Å². The van der Waals surface area contributed by atoms with Crippen LogP contribution in [0, 0.1) is 0 Å². The zero-order valence-corrected chi connectivity index (χ0v) is 18.5. The van der Waals surface area contributed by atoms with Crippen LogP contribution in [0.1, 0.15) is 57.2 Å². The molecule has 0 spiro atoms. The third-order valence-corrected chi connectivity index (χ3v) is 5.39. The summed E-state index contributed by atoms with van der Waals surface area (Å²) in [7, 11) is 1.65. The van der Waals surface area contributed by atoms with Gasteiger partial charge in [-0.2, -0.15) is 13.2 Å². The molecule has 1 saturated carbocycles. The maximum absolute atomic E-state index is 12.6. The van der Waals surface area contributed by atoms with Crippen molar-refractivity contribution in [3.05, 3.63) is 16.1 Å². The second-order valence-corrected chi connectivity index (χ2v) is 9.16. The molecule has 3 N–H and O–H groups in total. The number of carbonyl (C=O) groups is 1. The number of thiazole rings is 1. The number of hydrogen-bond acceptors (Lipinski definition) is 5. The second-order valence-electron chi connectivity index (χ2n) is 8.21. The van der Waals surface area contributed by atoms with Crippen LogP contribution in [0.5, 0.6) is 0 Å². The third kappa shape index (κ3) is 8.37. The molecule has 1 aromatic heterocycles. The smallest absolute Gasteiger partial charge is 0.434 e. The van der Waals surface area contributed by atoms with Gasteiger partial charge >= 0.3 is 12.3 Å². The summed E-state index contributed by atoms with van der Waals surface area (Å²) in [6.45, 7) is 5.92. The van der Waals surface area contributed by atoms with E-state index in [1.54, 1.807) is 7.05 Å². The van der Waals surface area contributed by atoms with Crippen LogP contribution in [0.15, 0.2) is 10.4 Å². The van der Waals surface area contributed by atoms with E-state index in [-0.39, 0.29) is 12.1 Å². The van der Waals surface area contributed by atoms with Crippen molar-refractivity contribution in [1.29, 1.82) is 0 Å². The van der Waals surface area contributed by atoms with E-state index in [4.69, 9.17) is 4.74 Å². The molecule has 0 aliphatic heterocycles. The summed E-state index contributed by atoms with van der Waals surface area (Å²) in [5, 5.41) is 10.8. The molecule has 1 aliphatic carbocycles. The van der Waals surface area contributed by atoms with Crippen molar-refractivity contribution in [1.82, 2.24) is 20.9 Å². The molecule has 1 aromatic rings. The Bertz CT molecular complexity index is 722. The van der Waals surface area contributed by atoms with Crippen molar-refractivity contribution in [2.24, 2.45) is 4.99 Å². The summed E-state index contributed by atoms with van der Waals surface area (Å²) >= 11 is 1.00. The Morgan fingerprint density at radius 3 is 2.30 bits per heavy atom. The molecule has 2 rings (SSSR count). The van der Waals surface area contributed by atoms with Gasteiger partial charge in [-0.1, -0.05) is 0 Å². The van der Waals surface area contributed by atoms with Gasteiger partial charge in [0, 0.05) is 37.5 Å². The standard InChI is InChI=1S/C19H30F3N5O2S/c1-18(2,3)29-17(28)26-13-7-5-12(6-8-13)25-16(23-4)24-10-9-15-27-14(11-30-15)19(20,21)22/h11-13H,5-10H2,1-4H3,(H,26,28)(H2,23,24,25). The number of aliphatic imine (C=N–C) groups is 1. The predicted molar refractivity (Wildman–Crippen MR) is 111 cm³/mol. The molecule has 170 valence electrons. The maximum atomic E-state index is 12.6. The highest BCUT2D eigenvalue weighted by molar-refractivity contribution is 7.09. The molecule has 0 bridgehead atoms. The molecule has 7 nitrogen and oxygen atoms in total. The number of aromatic nitrogens is 1. The lowest BCUT2D eigenvalue weighted by Crippen LogP contribution is -2.48. The molecule has 0 radical (unpaired) electrons. The van der Waals surface area contributed by atoms with Crippen molar-refractivity contribution in [3.8, 4) is 0 Å². The van der Waals surface area contributed by atoms with E-state index >= 15 is 0 Å². The van der Waals surface area contributed by atoms with Crippen LogP contribution in [0.25, 0.3) is 0 Å². The van der Waals surface area contributed by atoms with Crippen LogP contribution in [0.3, 0.4) is 0 Å². The lowest BCUT2D eigenvalue weighted by Gasteiger charge is -2.31. The number of alkyl halides is 3. The van der Waals surface area contributed by atoms with Gasteiger partial charge in [-0.3, -0.25) is 4.99 Å². The minimum atomic E-state index is -4.41. The van der Waals surface area contributed by atoms with Gasteiger partial charge in [0.25, 0.3) is 0 Å². The highest BCUT2D eigenvalue weighted by Gasteiger charge is 2.33. The zero-order chi connectivity index (χ0) is 22.4. The number of guanidine groups is 1. The average molecular weight is 450 g/mol. The Morgan fingerprint density at radius 2 is 1.80 bits per heavy atom. The molecule has 11 heteroatoms. The van der Waals surface area contributed by atoms with Gasteiger partial charge in [0.05, 0.1) is 5.01 Å². The Morgan fingerprint density at radius 1 is 1.20 bits per heavy atom. The summed E-state index contributed by atoms with van der Waals surface area (Å²) in [6, 6.07) is 0.296. The highest BCUT2D eigenvalue weighted by atomic mass is 32.1. The van der Waals surface area contributed by atoms with Gasteiger partial charge in [0.1, 0.15) is 5.60 Å². The third-order valence-electron chi connectivity index (χ3n) is 4.49. The summed E-state index contributed by atoms with van der Waals surface area (Å²) in [5.74, 6) is 0.603. The van der Waals surface area contributed by atoms with Crippen molar-refractivity contribution in [2.45, 2.75) is 76.7 Å². The molecule has 1 fully saturated rings. The number of ether oxygens (including phenoxy) is 1. The van der Waals surface area contributed by atoms with E-state index in [2.05, 4.69) is 25.9 Å². The first kappa shape index (κ1) is 24.2. The zero-order valence-electron chi connectivity index (χ0n) is 17.7. The van der Waals surface area contributed by atoms with Gasteiger partial charge in [-0.05, 0) is 46.5 Å². The number of hydrogen-bond donors (Lipinski definition) is 3. The van der Waals surface area contributed by atoms with Crippen molar-refractivity contribution >= 4 is 23.4 Å². The minimum absolute atomic E-state index is 0.0839. The molecule has 0 saturated heterocycles. The van der Waals surface area contributed by atoms with E-state index in [0.29, 0.717) is 23.9 Å². The molecule has 0 unspecified atom stereocenters. The Kier molecular flexibility index (Phi) is 8.34. The van der Waals surface area contributed by atoms with Crippen LogP contribution < -0.4 is 16.0 Å². The number of alkyl carbamates (subject to hydrolysis) is 1. The summed E-state index contributed by atoms with van der Waals surface area (Å²) in [6.07, 6.45) is -1.04. The lowest BCUT2D eigenvalue weighted by molar-refractivity contribution is -0.140. The number of nitrogens with zero attached hydrogens (tertiary/aromatic N) is 2. The van der Waals surface area contributed by atoms with Gasteiger partial charge in [0.15, 0.2) is 11.7 Å². The van der Waals surface area contributed by atoms with Gasteiger partial charge < -0.3 is 20.7 Å². The molecule has 0 atom stereocenters. The molecule has 1 aliphatic rings. The van der Waals surface area contributed by atoms with E-state index in [1.165, 1.54) is 0 Å². The first-order valence-electron chi connectivity index (χ1n) is 9.94. The number of rotatable bonds is 5. The SMILES string of the molecule is CN=C(NCCc1nc(C(F)(F)F)cs1)NC1CCC(NC(=O)OC(C)(C)C)CC1. The first-order valence-corrected chi connectivity index (χ1v) is 10.8. The maximum Gasteiger partial charge on any atom is 0.434 e. The van der Waals surface area contributed by atoms with Crippen LogP contribution in [0.2, 0.25) is 0 Å². The van der Waals surface area contributed by atoms with E-state index in [9.17, 15) is 18.0 Å². The minimum Gasteiger partial charge on any atom is -0.444 e. The lowest BCUT2D eigenvalue weighted by atomic mass is 9.91. The monoisotopic (exact) mass is 449 g/mol. The molecular weight excluding hydrogens is 419 g/mol. The molecule has 30 heavy (non-hydrogen) atoms. The molecule has 1 amide bonds. The van der Waals surface area contributed by atoms with Gasteiger partial charge in [0.2, 0.25) is 0 Å². The normalized spacial score (nSPS) is 20.6. The van der Waals surface area contributed by atoms with Crippen LogP contribution in [0.4, 0.5) is 18.0 Å². The fourth-order valence-corrected chi connectivity index (χ4v) is 3.89. The van der Waals surface area contributed by atoms with E-state index in [1.807, 2.05) is 20.8 Å². The van der Waals surface area contributed by atoms with Crippen molar-refractivity contribution in [2.75, 3.05) is 13.6 Å². The Hall–Kier alpha value is -2.04. The van der Waals surface area contributed by atoms with Gasteiger partial charge in [-0.15, -0.1) is 11.3 Å².